The van der Waals surface area contributed by atoms with Crippen LogP contribution >= 0.6 is 0 Å². The van der Waals surface area contributed by atoms with Crippen molar-refractivity contribution in [2.24, 2.45) is 0 Å². The van der Waals surface area contributed by atoms with Gasteiger partial charge in [0.05, 0.1) is 29.2 Å². The predicted octanol–water partition coefficient (Wildman–Crippen LogP) is 14.7. The van der Waals surface area contributed by atoms with Crippen LogP contribution in [0.25, 0.3) is 0 Å². The van der Waals surface area contributed by atoms with E-state index in [0.29, 0.717) is 12.8 Å². The fraction of sp³-hybridized carbons (Fsp3) is 0.786. The molecule has 7 nitrogen and oxygen atoms in total. The Labute approximate surface area is 423 Å². The van der Waals surface area contributed by atoms with Crippen molar-refractivity contribution in [1.82, 2.24) is 0 Å². The van der Waals surface area contributed by atoms with Crippen molar-refractivity contribution in [3.05, 3.63) is 53.6 Å². The number of benzene rings is 1. The molecule has 0 saturated heterocycles. The monoisotopic (exact) mass is 937 g/mol. The van der Waals surface area contributed by atoms with Crippen LogP contribution in [0.5, 0.6) is 0 Å². The van der Waals surface area contributed by atoms with E-state index in [9.17, 15) is 22.6 Å². The second kappa shape index (κ2) is 47.6. The number of rotatable bonds is 47. The van der Waals surface area contributed by atoms with E-state index in [1.165, 1.54) is 218 Å². The molecule has 0 aliphatic carbocycles. The van der Waals surface area contributed by atoms with Crippen LogP contribution < -0.4 is 29.6 Å². The molecular formula is C56H97NaO7S. The van der Waals surface area contributed by atoms with E-state index < -0.39 is 32.5 Å². The molecule has 1 rings (SSSR count). The third-order valence-electron chi connectivity index (χ3n) is 12.5. The van der Waals surface area contributed by atoms with Gasteiger partial charge in [-0.3, -0.25) is 0 Å². The Hall–Kier alpha value is -1.45. The summed E-state index contributed by atoms with van der Waals surface area (Å²) in [6, 6.07) is 3.61. The second-order valence-electron chi connectivity index (χ2n) is 18.5. The standard InChI is InChI=1S/C56H98O7S.Na/c1-3-5-7-9-11-13-15-17-19-21-23-25-27-29-31-33-35-37-39-41-43-45-50-62-55(57)52-48-47-49-53(64(59,60)61)54(52)56(58)63-51-46-44-42-40-38-36-34-32-30-28-26-24-22-20-18-16-14-12-10-8-6-4-2;/h37-40,47-49H,3-36,41-46,50-51H2,1-2H3,(H,59,60,61);/q;+1/p-1/b39-37+,40-38+;. The second-order valence-corrected chi connectivity index (χ2v) is 19.9. The number of unbranched alkanes of at least 4 members (excludes halogenated alkanes) is 36. The first-order valence-electron chi connectivity index (χ1n) is 27.1. The average molecular weight is 937 g/mol. The molecule has 0 saturated carbocycles. The summed E-state index contributed by atoms with van der Waals surface area (Å²) in [6.07, 6.45) is 59.4. The Morgan fingerprint density at radius 2 is 0.708 bits per heavy atom. The summed E-state index contributed by atoms with van der Waals surface area (Å²) in [5.41, 5.74) is -0.809. The summed E-state index contributed by atoms with van der Waals surface area (Å²) in [5.74, 6) is -1.85. The number of hydrogen-bond donors (Lipinski definition) is 0. The fourth-order valence-electron chi connectivity index (χ4n) is 8.42. The maximum absolute atomic E-state index is 13.1. The molecule has 0 aliphatic heterocycles. The van der Waals surface area contributed by atoms with Crippen LogP contribution in [-0.2, 0) is 19.6 Å². The van der Waals surface area contributed by atoms with Crippen LogP contribution in [0.2, 0.25) is 0 Å². The van der Waals surface area contributed by atoms with Gasteiger partial charge in [0.2, 0.25) is 0 Å². The van der Waals surface area contributed by atoms with E-state index in [2.05, 4.69) is 38.2 Å². The molecule has 0 amide bonds. The van der Waals surface area contributed by atoms with Crippen molar-refractivity contribution in [1.29, 1.82) is 0 Å². The third kappa shape index (κ3) is 39.1. The Kier molecular flexibility index (Phi) is 46.5. The fourth-order valence-corrected chi connectivity index (χ4v) is 9.11. The van der Waals surface area contributed by atoms with Crippen LogP contribution in [0.15, 0.2) is 47.4 Å². The Morgan fingerprint density at radius 3 is 1.02 bits per heavy atom. The largest absolute Gasteiger partial charge is 1.00 e. The van der Waals surface area contributed by atoms with E-state index in [1.54, 1.807) is 0 Å². The minimum atomic E-state index is -5.03. The van der Waals surface area contributed by atoms with Crippen LogP contribution in [0.4, 0.5) is 0 Å². The quantitative estimate of drug-likeness (QED) is 0.0210. The van der Waals surface area contributed by atoms with Crippen LogP contribution in [0.1, 0.15) is 291 Å². The molecule has 0 radical (unpaired) electrons. The van der Waals surface area contributed by atoms with Gasteiger partial charge in [-0.05, 0) is 76.3 Å². The van der Waals surface area contributed by atoms with Crippen LogP contribution in [-0.4, -0.2) is 38.1 Å². The van der Waals surface area contributed by atoms with Crippen molar-refractivity contribution < 1.29 is 61.6 Å². The van der Waals surface area contributed by atoms with Gasteiger partial charge < -0.3 is 14.0 Å². The van der Waals surface area contributed by atoms with Crippen molar-refractivity contribution in [3.8, 4) is 0 Å². The molecule has 9 heteroatoms. The molecule has 0 bridgehead atoms. The van der Waals surface area contributed by atoms with Crippen LogP contribution in [0, 0.1) is 0 Å². The topological polar surface area (TPSA) is 110 Å². The molecule has 370 valence electrons. The molecular weight excluding hydrogens is 840 g/mol. The smallest absolute Gasteiger partial charge is 0.744 e. The Morgan fingerprint density at radius 1 is 0.431 bits per heavy atom. The minimum absolute atomic E-state index is 0. The van der Waals surface area contributed by atoms with E-state index in [4.69, 9.17) is 9.47 Å². The molecule has 0 heterocycles. The first-order chi connectivity index (χ1) is 31.3. The van der Waals surface area contributed by atoms with Gasteiger partial charge in [-0.2, -0.15) is 0 Å². The molecule has 0 atom stereocenters. The van der Waals surface area contributed by atoms with Gasteiger partial charge in [-0.15, -0.1) is 0 Å². The zero-order chi connectivity index (χ0) is 46.4. The number of carbonyl (C=O) groups excluding carboxylic acids is 2. The van der Waals surface area contributed by atoms with Gasteiger partial charge in [-0.25, -0.2) is 18.0 Å². The molecule has 0 aliphatic rings. The zero-order valence-electron chi connectivity index (χ0n) is 42.5. The van der Waals surface area contributed by atoms with Gasteiger partial charge in [0.15, 0.2) is 0 Å². The minimum Gasteiger partial charge on any atom is -0.744 e. The van der Waals surface area contributed by atoms with Gasteiger partial charge in [0.1, 0.15) is 10.1 Å². The molecule has 0 aromatic heterocycles. The summed E-state index contributed by atoms with van der Waals surface area (Å²) in [5, 5.41) is 0. The summed E-state index contributed by atoms with van der Waals surface area (Å²) < 4.78 is 46.9. The number of ether oxygens (including phenoxy) is 2. The van der Waals surface area contributed by atoms with E-state index in [0.717, 1.165) is 44.6 Å². The molecule has 1 aromatic carbocycles. The third-order valence-corrected chi connectivity index (χ3v) is 13.4. The molecule has 65 heavy (non-hydrogen) atoms. The molecule has 0 unspecified atom stereocenters. The van der Waals surface area contributed by atoms with Crippen molar-refractivity contribution in [2.75, 3.05) is 13.2 Å². The first kappa shape index (κ1) is 63.5. The van der Waals surface area contributed by atoms with Crippen LogP contribution in [0.3, 0.4) is 0 Å². The number of carbonyl (C=O) groups is 2. The summed E-state index contributed by atoms with van der Waals surface area (Å²) >= 11 is 0. The summed E-state index contributed by atoms with van der Waals surface area (Å²) in [4.78, 5) is 25.3. The number of esters is 2. The Bertz CT molecular complexity index is 1410. The number of allylic oxidation sites excluding steroid dienone is 4. The predicted molar refractivity (Wildman–Crippen MR) is 269 cm³/mol. The van der Waals surface area contributed by atoms with E-state index >= 15 is 0 Å². The number of hydrogen-bond acceptors (Lipinski definition) is 7. The molecule has 0 N–H and O–H groups in total. The zero-order valence-corrected chi connectivity index (χ0v) is 45.3. The molecule has 0 fully saturated rings. The van der Waals surface area contributed by atoms with E-state index in [1.807, 2.05) is 0 Å². The van der Waals surface area contributed by atoms with Gasteiger partial charge in [0.25, 0.3) is 0 Å². The van der Waals surface area contributed by atoms with Gasteiger partial charge in [-0.1, -0.05) is 237 Å². The SMILES string of the molecule is CCCCCCCCCCCCCCCCCC/C=C/CCCCOC(=O)c1cccc(S(=O)(=O)[O-])c1C(=O)OCCCC/C=C/CCCCCCCCCCCCCCCCCC.[Na+]. The van der Waals surface area contributed by atoms with Gasteiger partial charge >= 0.3 is 41.5 Å². The van der Waals surface area contributed by atoms with E-state index in [-0.39, 0.29) is 48.3 Å². The maximum Gasteiger partial charge on any atom is 1.00 e. The van der Waals surface area contributed by atoms with Gasteiger partial charge in [0, 0.05) is 0 Å². The van der Waals surface area contributed by atoms with Crippen molar-refractivity contribution in [3.63, 3.8) is 0 Å². The average Bonchev–Trinajstić information content (AvgIpc) is 3.28. The first-order valence-corrected chi connectivity index (χ1v) is 28.5. The van der Waals surface area contributed by atoms with Crippen molar-refractivity contribution in [2.45, 2.75) is 276 Å². The Balaban J connectivity index is 0.0000410. The maximum atomic E-state index is 13.1. The summed E-state index contributed by atoms with van der Waals surface area (Å²) in [6.45, 7) is 4.74. The van der Waals surface area contributed by atoms with Crippen molar-refractivity contribution >= 4 is 22.1 Å². The molecule has 0 spiro atoms. The normalized spacial score (nSPS) is 11.7. The molecule has 1 aromatic rings. The summed E-state index contributed by atoms with van der Waals surface area (Å²) in [7, 11) is -5.03.